The number of aromatic hydroxyl groups is 1. The van der Waals surface area contributed by atoms with E-state index in [0.717, 1.165) is 51.4 Å². The fourth-order valence-electron chi connectivity index (χ4n) is 6.93. The van der Waals surface area contributed by atoms with Gasteiger partial charge in [0.15, 0.2) is 11.6 Å². The van der Waals surface area contributed by atoms with Crippen molar-refractivity contribution in [3.05, 3.63) is 41.5 Å². The second-order valence-corrected chi connectivity index (χ2v) is 11.5. The average molecular weight is 557 g/mol. The van der Waals surface area contributed by atoms with Crippen LogP contribution in [-0.4, -0.2) is 81.5 Å². The minimum absolute atomic E-state index is 0.0182. The zero-order valence-electron chi connectivity index (χ0n) is 22.0. The van der Waals surface area contributed by atoms with Gasteiger partial charge in [-0.1, -0.05) is 6.07 Å². The van der Waals surface area contributed by atoms with Crippen molar-refractivity contribution < 1.29 is 27.8 Å². The van der Waals surface area contributed by atoms with Crippen LogP contribution in [-0.2, 0) is 6.61 Å². The third-order valence-corrected chi connectivity index (χ3v) is 8.74. The van der Waals surface area contributed by atoms with Gasteiger partial charge in [0.2, 0.25) is 5.95 Å². The predicted molar refractivity (Wildman–Crippen MR) is 140 cm³/mol. The third kappa shape index (κ3) is 4.66. The predicted octanol–water partition coefficient (Wildman–Crippen LogP) is 3.48. The van der Waals surface area contributed by atoms with Crippen LogP contribution in [0.4, 0.5) is 19.1 Å². The molecule has 4 aliphatic heterocycles. The quantitative estimate of drug-likeness (QED) is 0.454. The molecule has 2 N–H and O–H groups in total. The molecule has 4 aliphatic rings. The second-order valence-electron chi connectivity index (χ2n) is 11.5. The Kier molecular flexibility index (Phi) is 6.34. The monoisotopic (exact) mass is 556 g/mol. The highest BCUT2D eigenvalue weighted by molar-refractivity contribution is 5.87. The number of nitrogens with one attached hydrogen (secondary N) is 1. The zero-order chi connectivity index (χ0) is 27.4. The lowest BCUT2D eigenvalue weighted by molar-refractivity contribution is 0.106. The van der Waals surface area contributed by atoms with Gasteiger partial charge in [0.25, 0.3) is 0 Å². The SMILES string of the molecule is Oc1cc(COc2nc(OC[C@@]34CCCN3C[C@H](F)C4)nc(N3C[C@H]4CC[C@@H](C3)N4)n2)c2c(F)c(F)ccc2c1. The Morgan fingerprint density at radius 3 is 2.60 bits per heavy atom. The summed E-state index contributed by atoms with van der Waals surface area (Å²) in [5, 5.41) is 14.1. The van der Waals surface area contributed by atoms with Crippen LogP contribution in [0.25, 0.3) is 10.8 Å². The van der Waals surface area contributed by atoms with Gasteiger partial charge in [-0.05, 0) is 55.8 Å². The van der Waals surface area contributed by atoms with Crippen molar-refractivity contribution in [2.75, 3.05) is 37.7 Å². The Balaban J connectivity index is 1.18. The van der Waals surface area contributed by atoms with E-state index in [1.165, 1.54) is 18.2 Å². The van der Waals surface area contributed by atoms with E-state index in [2.05, 4.69) is 30.1 Å². The summed E-state index contributed by atoms with van der Waals surface area (Å²) in [5.74, 6) is -1.70. The third-order valence-electron chi connectivity index (χ3n) is 8.74. The smallest absolute Gasteiger partial charge is 0.324 e. The minimum atomic E-state index is -1.02. The summed E-state index contributed by atoms with van der Waals surface area (Å²) in [5.41, 5.74) is -0.124. The van der Waals surface area contributed by atoms with Crippen molar-refractivity contribution in [1.29, 1.82) is 0 Å². The average Bonchev–Trinajstić information content (AvgIpc) is 3.58. The van der Waals surface area contributed by atoms with Gasteiger partial charge in [0.05, 0.1) is 5.54 Å². The molecule has 0 aliphatic carbocycles. The first kappa shape index (κ1) is 25.6. The number of benzene rings is 2. The molecule has 0 unspecified atom stereocenters. The van der Waals surface area contributed by atoms with Crippen LogP contribution in [0.2, 0.25) is 0 Å². The van der Waals surface area contributed by atoms with Gasteiger partial charge >= 0.3 is 12.0 Å². The summed E-state index contributed by atoms with van der Waals surface area (Å²) in [6, 6.07) is 5.84. The van der Waals surface area contributed by atoms with E-state index in [-0.39, 0.29) is 47.5 Å². The fraction of sp³-hybridized carbons (Fsp3) is 0.536. The van der Waals surface area contributed by atoms with E-state index >= 15 is 0 Å². The molecule has 0 amide bonds. The molecule has 4 saturated heterocycles. The number of halogens is 3. The second kappa shape index (κ2) is 9.91. The van der Waals surface area contributed by atoms with Crippen molar-refractivity contribution in [2.24, 2.45) is 0 Å². The number of hydrogen-bond donors (Lipinski definition) is 2. The molecule has 2 bridgehead atoms. The number of fused-ring (bicyclic) bond motifs is 4. The number of hydrogen-bond acceptors (Lipinski definition) is 9. The molecular weight excluding hydrogens is 525 g/mol. The molecule has 4 atom stereocenters. The molecule has 7 rings (SSSR count). The molecule has 4 fully saturated rings. The van der Waals surface area contributed by atoms with Gasteiger partial charge in [0, 0.05) is 49.1 Å². The molecule has 0 spiro atoms. The maximum absolute atomic E-state index is 14.7. The van der Waals surface area contributed by atoms with E-state index < -0.39 is 17.8 Å². The normalized spacial score (nSPS) is 27.9. The molecule has 0 radical (unpaired) electrons. The number of rotatable bonds is 7. The Labute approximate surface area is 229 Å². The highest BCUT2D eigenvalue weighted by Gasteiger charge is 2.49. The molecule has 12 heteroatoms. The molecule has 3 aromatic rings. The number of anilines is 1. The van der Waals surface area contributed by atoms with Gasteiger partial charge in [-0.3, -0.25) is 4.90 Å². The maximum Gasteiger partial charge on any atom is 0.324 e. The molecule has 2 aromatic carbocycles. The summed E-state index contributed by atoms with van der Waals surface area (Å²) in [4.78, 5) is 17.8. The molecule has 40 heavy (non-hydrogen) atoms. The lowest BCUT2D eigenvalue weighted by Gasteiger charge is -2.33. The molecule has 1 aromatic heterocycles. The summed E-state index contributed by atoms with van der Waals surface area (Å²) in [6.45, 7) is 2.75. The number of phenolic OH excluding ortho intramolecular Hbond substituents is 1. The first-order valence-electron chi connectivity index (χ1n) is 13.9. The van der Waals surface area contributed by atoms with E-state index in [1.807, 2.05) is 0 Å². The van der Waals surface area contributed by atoms with Crippen LogP contribution in [0, 0.1) is 11.6 Å². The minimum Gasteiger partial charge on any atom is -0.508 e. The van der Waals surface area contributed by atoms with E-state index in [0.29, 0.717) is 36.4 Å². The molecule has 0 saturated carbocycles. The number of aromatic nitrogens is 3. The highest BCUT2D eigenvalue weighted by Crippen LogP contribution is 2.40. The number of alkyl halides is 1. The lowest BCUT2D eigenvalue weighted by Crippen LogP contribution is -2.51. The number of piperazine rings is 1. The van der Waals surface area contributed by atoms with Gasteiger partial charge < -0.3 is 24.8 Å². The van der Waals surface area contributed by atoms with Crippen molar-refractivity contribution in [1.82, 2.24) is 25.2 Å². The van der Waals surface area contributed by atoms with E-state index in [9.17, 15) is 18.3 Å². The van der Waals surface area contributed by atoms with Gasteiger partial charge in [0.1, 0.15) is 25.1 Å². The maximum atomic E-state index is 14.7. The van der Waals surface area contributed by atoms with Crippen molar-refractivity contribution in [3.63, 3.8) is 0 Å². The van der Waals surface area contributed by atoms with Crippen molar-refractivity contribution >= 4 is 16.7 Å². The molecule has 9 nitrogen and oxygen atoms in total. The molecule has 5 heterocycles. The van der Waals surface area contributed by atoms with Crippen LogP contribution in [0.3, 0.4) is 0 Å². The fourth-order valence-corrected chi connectivity index (χ4v) is 6.93. The first-order valence-corrected chi connectivity index (χ1v) is 13.9. The summed E-state index contributed by atoms with van der Waals surface area (Å²) in [7, 11) is 0. The van der Waals surface area contributed by atoms with E-state index in [4.69, 9.17) is 9.47 Å². The zero-order valence-corrected chi connectivity index (χ0v) is 22.0. The van der Waals surface area contributed by atoms with Crippen LogP contribution in [0.15, 0.2) is 24.3 Å². The van der Waals surface area contributed by atoms with Gasteiger partial charge in [-0.15, -0.1) is 4.98 Å². The topological polar surface area (TPSA) is 95.9 Å². The highest BCUT2D eigenvalue weighted by atomic mass is 19.2. The van der Waals surface area contributed by atoms with Gasteiger partial charge in [-0.25, -0.2) is 13.2 Å². The Morgan fingerprint density at radius 1 is 1.02 bits per heavy atom. The van der Waals surface area contributed by atoms with Crippen LogP contribution in [0.5, 0.6) is 17.8 Å². The van der Waals surface area contributed by atoms with Crippen LogP contribution in [0.1, 0.15) is 37.7 Å². The summed E-state index contributed by atoms with van der Waals surface area (Å²) < 4.78 is 55.1. The summed E-state index contributed by atoms with van der Waals surface area (Å²) >= 11 is 0. The molecular formula is C28H31F3N6O3. The number of nitrogens with zero attached hydrogens (tertiary/aromatic N) is 5. The van der Waals surface area contributed by atoms with Crippen molar-refractivity contribution in [3.8, 4) is 17.8 Å². The standard InChI is InChI=1S/C28H31F3N6O3/c29-18-10-28(6-1-7-37(28)11-18)15-40-27-34-25(36-12-19-3-4-20(13-36)32-19)33-26(35-27)39-14-17-9-21(38)8-16-2-5-22(30)24(31)23(16)17/h2,5,8-9,18-20,32,38H,1,3-4,6-7,10-15H2/t18-,19-,20+,28+/m1/s1. The van der Waals surface area contributed by atoms with Crippen LogP contribution < -0.4 is 19.7 Å². The van der Waals surface area contributed by atoms with Gasteiger partial charge in [-0.2, -0.15) is 9.97 Å². The Hall–Kier alpha value is -3.38. The molecule has 212 valence electrons. The van der Waals surface area contributed by atoms with Crippen molar-refractivity contribution in [2.45, 2.75) is 62.5 Å². The Bertz CT molecular complexity index is 1430. The van der Waals surface area contributed by atoms with E-state index in [1.54, 1.807) is 0 Å². The summed E-state index contributed by atoms with van der Waals surface area (Å²) in [6.07, 6.45) is 3.54. The number of phenols is 1. The number of ether oxygens (including phenoxy) is 2. The first-order chi connectivity index (χ1) is 19.3. The lowest BCUT2D eigenvalue weighted by atomic mass is 9.95. The Morgan fingerprint density at radius 2 is 1.80 bits per heavy atom. The largest absolute Gasteiger partial charge is 0.508 e. The van der Waals surface area contributed by atoms with Crippen LogP contribution >= 0.6 is 0 Å².